The van der Waals surface area contributed by atoms with E-state index < -0.39 is 0 Å². The van der Waals surface area contributed by atoms with Gasteiger partial charge in [0.2, 0.25) is 0 Å². The van der Waals surface area contributed by atoms with Crippen LogP contribution in [0.1, 0.15) is 32.6 Å². The van der Waals surface area contributed by atoms with E-state index in [1.807, 2.05) is 25.1 Å². The SMILES string of the molecule is C/C=C/CCC(=O)CCC#N. The second-order valence-corrected chi connectivity index (χ2v) is 2.30. The van der Waals surface area contributed by atoms with Crippen LogP contribution in [-0.4, -0.2) is 5.78 Å². The molecule has 0 aliphatic heterocycles. The molecule has 0 saturated carbocycles. The topological polar surface area (TPSA) is 40.9 Å². The average molecular weight is 151 g/mol. The quantitative estimate of drug-likeness (QED) is 0.565. The molecule has 2 heteroatoms. The van der Waals surface area contributed by atoms with Gasteiger partial charge in [-0.3, -0.25) is 4.79 Å². The molecule has 0 aromatic rings. The number of Topliss-reactive ketones (excluding diaryl/α,β-unsaturated/α-hetero) is 1. The number of carbonyl (C=O) groups is 1. The van der Waals surface area contributed by atoms with Crippen LogP contribution in [0, 0.1) is 11.3 Å². The molecular weight excluding hydrogens is 138 g/mol. The number of hydrogen-bond acceptors (Lipinski definition) is 2. The Bertz CT molecular complexity index is 176. The lowest BCUT2D eigenvalue weighted by atomic mass is 10.1. The first-order chi connectivity index (χ1) is 5.31. The lowest BCUT2D eigenvalue weighted by Crippen LogP contribution is -1.95. The highest BCUT2D eigenvalue weighted by molar-refractivity contribution is 5.78. The molecule has 0 aliphatic rings. The van der Waals surface area contributed by atoms with Gasteiger partial charge in [-0.1, -0.05) is 12.2 Å². The molecule has 0 aromatic carbocycles. The lowest BCUT2D eigenvalue weighted by molar-refractivity contribution is -0.118. The smallest absolute Gasteiger partial charge is 0.134 e. The Morgan fingerprint density at radius 1 is 1.55 bits per heavy atom. The van der Waals surface area contributed by atoms with E-state index in [0.29, 0.717) is 19.3 Å². The summed E-state index contributed by atoms with van der Waals surface area (Å²) >= 11 is 0. The molecule has 0 bridgehead atoms. The van der Waals surface area contributed by atoms with Crippen molar-refractivity contribution in [2.75, 3.05) is 0 Å². The first-order valence-corrected chi connectivity index (χ1v) is 3.81. The Morgan fingerprint density at radius 2 is 2.27 bits per heavy atom. The first-order valence-electron chi connectivity index (χ1n) is 3.81. The number of allylic oxidation sites excluding steroid dienone is 2. The summed E-state index contributed by atoms with van der Waals surface area (Å²) in [5.74, 6) is 0.185. The van der Waals surface area contributed by atoms with E-state index >= 15 is 0 Å². The maximum atomic E-state index is 10.9. The van der Waals surface area contributed by atoms with E-state index in [1.165, 1.54) is 0 Å². The number of nitrogens with zero attached hydrogens (tertiary/aromatic N) is 1. The third kappa shape index (κ3) is 6.79. The van der Waals surface area contributed by atoms with Crippen LogP contribution in [0.4, 0.5) is 0 Å². The summed E-state index contributed by atoms with van der Waals surface area (Å²) in [6, 6.07) is 1.95. The summed E-state index contributed by atoms with van der Waals surface area (Å²) in [4.78, 5) is 10.9. The zero-order chi connectivity index (χ0) is 8.53. The maximum absolute atomic E-state index is 10.9. The third-order valence-electron chi connectivity index (χ3n) is 1.34. The van der Waals surface area contributed by atoms with Gasteiger partial charge in [-0.15, -0.1) is 0 Å². The number of rotatable bonds is 5. The molecule has 0 atom stereocenters. The van der Waals surface area contributed by atoms with Gasteiger partial charge in [-0.2, -0.15) is 5.26 Å². The van der Waals surface area contributed by atoms with Gasteiger partial charge in [0, 0.05) is 19.3 Å². The van der Waals surface area contributed by atoms with Crippen molar-refractivity contribution < 1.29 is 4.79 Å². The molecular formula is C9H13NO. The molecule has 0 aromatic heterocycles. The molecule has 0 fully saturated rings. The van der Waals surface area contributed by atoms with Crippen molar-refractivity contribution in [3.63, 3.8) is 0 Å². The Morgan fingerprint density at radius 3 is 2.82 bits per heavy atom. The summed E-state index contributed by atoms with van der Waals surface area (Å²) < 4.78 is 0. The molecule has 0 radical (unpaired) electrons. The monoisotopic (exact) mass is 151 g/mol. The molecule has 0 N–H and O–H groups in total. The zero-order valence-corrected chi connectivity index (χ0v) is 6.84. The van der Waals surface area contributed by atoms with Crippen LogP contribution in [0.3, 0.4) is 0 Å². The van der Waals surface area contributed by atoms with Gasteiger partial charge in [0.1, 0.15) is 5.78 Å². The molecule has 0 spiro atoms. The summed E-state index contributed by atoms with van der Waals surface area (Å²) in [7, 11) is 0. The second kappa shape index (κ2) is 7.01. The highest BCUT2D eigenvalue weighted by Crippen LogP contribution is 1.98. The minimum absolute atomic E-state index is 0.185. The predicted molar refractivity (Wildman–Crippen MR) is 43.9 cm³/mol. The van der Waals surface area contributed by atoms with E-state index in [-0.39, 0.29) is 5.78 Å². The zero-order valence-electron chi connectivity index (χ0n) is 6.84. The molecule has 60 valence electrons. The predicted octanol–water partition coefficient (Wildman–Crippen LogP) is 2.22. The van der Waals surface area contributed by atoms with Gasteiger partial charge in [0.05, 0.1) is 6.07 Å². The number of hydrogen-bond donors (Lipinski definition) is 0. The lowest BCUT2D eigenvalue weighted by Gasteiger charge is -1.91. The van der Waals surface area contributed by atoms with Crippen molar-refractivity contribution >= 4 is 5.78 Å². The van der Waals surface area contributed by atoms with Crippen molar-refractivity contribution in [2.45, 2.75) is 32.6 Å². The van der Waals surface area contributed by atoms with Crippen LogP contribution >= 0.6 is 0 Å². The Labute approximate surface area is 67.5 Å². The standard InChI is InChI=1S/C9H13NO/c1-2-3-4-6-9(11)7-5-8-10/h2-3H,4-7H2,1H3/b3-2+. The highest BCUT2D eigenvalue weighted by Gasteiger charge is 1.98. The summed E-state index contributed by atoms with van der Waals surface area (Å²) in [6.07, 6.45) is 6.04. The molecule has 0 unspecified atom stereocenters. The van der Waals surface area contributed by atoms with Crippen molar-refractivity contribution in [2.24, 2.45) is 0 Å². The van der Waals surface area contributed by atoms with E-state index in [2.05, 4.69) is 0 Å². The van der Waals surface area contributed by atoms with Gasteiger partial charge in [-0.05, 0) is 13.3 Å². The van der Waals surface area contributed by atoms with Crippen LogP contribution < -0.4 is 0 Å². The Balaban J connectivity index is 3.31. The second-order valence-electron chi connectivity index (χ2n) is 2.30. The van der Waals surface area contributed by atoms with Crippen LogP contribution in [0.2, 0.25) is 0 Å². The molecule has 0 heterocycles. The minimum atomic E-state index is 0.185. The van der Waals surface area contributed by atoms with Gasteiger partial charge in [-0.25, -0.2) is 0 Å². The molecule has 0 aliphatic carbocycles. The summed E-state index contributed by atoms with van der Waals surface area (Å²) in [5.41, 5.74) is 0. The molecule has 11 heavy (non-hydrogen) atoms. The van der Waals surface area contributed by atoms with Gasteiger partial charge in [0.15, 0.2) is 0 Å². The maximum Gasteiger partial charge on any atom is 0.134 e. The minimum Gasteiger partial charge on any atom is -0.300 e. The highest BCUT2D eigenvalue weighted by atomic mass is 16.1. The van der Waals surface area contributed by atoms with Crippen LogP contribution in [0.5, 0.6) is 0 Å². The Hall–Kier alpha value is -1.10. The molecule has 0 amide bonds. The van der Waals surface area contributed by atoms with E-state index in [4.69, 9.17) is 5.26 Å². The fourth-order valence-corrected chi connectivity index (χ4v) is 0.731. The normalized spacial score (nSPS) is 9.82. The molecule has 0 saturated heterocycles. The van der Waals surface area contributed by atoms with Crippen LogP contribution in [0.15, 0.2) is 12.2 Å². The first kappa shape index (κ1) is 9.90. The van der Waals surface area contributed by atoms with Gasteiger partial charge >= 0.3 is 0 Å². The van der Waals surface area contributed by atoms with Gasteiger partial charge < -0.3 is 0 Å². The van der Waals surface area contributed by atoms with Crippen LogP contribution in [-0.2, 0) is 4.79 Å². The Kier molecular flexibility index (Phi) is 6.31. The fourth-order valence-electron chi connectivity index (χ4n) is 0.731. The third-order valence-corrected chi connectivity index (χ3v) is 1.34. The van der Waals surface area contributed by atoms with Crippen LogP contribution in [0.25, 0.3) is 0 Å². The van der Waals surface area contributed by atoms with Crippen molar-refractivity contribution in [1.82, 2.24) is 0 Å². The molecule has 0 rings (SSSR count). The number of carbonyl (C=O) groups excluding carboxylic acids is 1. The van der Waals surface area contributed by atoms with Crippen molar-refractivity contribution in [1.29, 1.82) is 5.26 Å². The average Bonchev–Trinajstić information content (AvgIpc) is 2.01. The fraction of sp³-hybridized carbons (Fsp3) is 0.556. The van der Waals surface area contributed by atoms with Crippen molar-refractivity contribution in [3.8, 4) is 6.07 Å². The van der Waals surface area contributed by atoms with E-state index in [1.54, 1.807) is 0 Å². The largest absolute Gasteiger partial charge is 0.300 e. The number of ketones is 1. The summed E-state index contributed by atoms with van der Waals surface area (Å²) in [6.45, 7) is 1.93. The van der Waals surface area contributed by atoms with Gasteiger partial charge in [0.25, 0.3) is 0 Å². The van der Waals surface area contributed by atoms with Crippen molar-refractivity contribution in [3.05, 3.63) is 12.2 Å². The number of nitriles is 1. The summed E-state index contributed by atoms with van der Waals surface area (Å²) in [5, 5.41) is 8.17. The van der Waals surface area contributed by atoms with E-state index in [9.17, 15) is 4.79 Å². The molecule has 2 nitrogen and oxygen atoms in total. The van der Waals surface area contributed by atoms with E-state index in [0.717, 1.165) is 6.42 Å².